The number of para-hydroxylation sites is 1. The lowest BCUT2D eigenvalue weighted by molar-refractivity contribution is 0.582. The molecule has 2 unspecified atom stereocenters. The van der Waals surface area contributed by atoms with Crippen molar-refractivity contribution in [2.24, 2.45) is 5.92 Å². The van der Waals surface area contributed by atoms with E-state index in [2.05, 4.69) is 98.6 Å². The molecular weight excluding hydrogens is 313 g/mol. The molecule has 130 valence electrons. The highest BCUT2D eigenvalue weighted by molar-refractivity contribution is 6.32. The number of unbranched alkanes of at least 4 members (excludes halogenated alkanes) is 1. The minimum absolute atomic E-state index is 0.410. The Morgan fingerprint density at radius 2 is 1.77 bits per heavy atom. The highest BCUT2D eigenvalue weighted by atomic mass is 15.2. The average molecular weight is 339 g/mol. The first kappa shape index (κ1) is 17.0. The largest absolute Gasteiger partial charge is 0.364 e. The first-order valence-corrected chi connectivity index (χ1v) is 9.77. The molecule has 2 aromatic carbocycles. The monoisotopic (exact) mass is 339 g/mol. The van der Waals surface area contributed by atoms with Gasteiger partial charge < -0.3 is 4.90 Å². The fourth-order valence-electron chi connectivity index (χ4n) is 4.10. The normalized spacial score (nSPS) is 22.3. The van der Waals surface area contributed by atoms with Crippen molar-refractivity contribution in [3.8, 4) is 0 Å². The molecule has 0 spiro atoms. The van der Waals surface area contributed by atoms with E-state index in [1.54, 1.807) is 0 Å². The Morgan fingerprint density at radius 1 is 1.00 bits per heavy atom. The summed E-state index contributed by atoms with van der Waals surface area (Å²) in [4.78, 5) is 2.61. The summed E-state index contributed by atoms with van der Waals surface area (Å²) in [5.41, 5.74) is 6.78. The van der Waals surface area contributed by atoms with Gasteiger partial charge in [-0.2, -0.15) is 0 Å². The van der Waals surface area contributed by atoms with Gasteiger partial charge in [-0.3, -0.25) is 0 Å². The van der Waals surface area contributed by atoms with Crippen LogP contribution in [0.1, 0.15) is 30.9 Å². The molecule has 0 amide bonds. The van der Waals surface area contributed by atoms with Crippen LogP contribution >= 0.6 is 0 Å². The minimum Gasteiger partial charge on any atom is -0.364 e. The van der Waals surface area contributed by atoms with Crippen molar-refractivity contribution in [2.45, 2.75) is 25.8 Å². The van der Waals surface area contributed by atoms with Crippen LogP contribution in [-0.2, 0) is 0 Å². The zero-order chi connectivity index (χ0) is 17.9. The van der Waals surface area contributed by atoms with E-state index >= 15 is 0 Å². The maximum atomic E-state index is 2.61. The molecule has 0 saturated carbocycles. The van der Waals surface area contributed by atoms with Crippen molar-refractivity contribution < 1.29 is 0 Å². The number of nitrogens with zero attached hydrogens (tertiary/aromatic N) is 1. The molecule has 1 heterocycles. The van der Waals surface area contributed by atoms with Gasteiger partial charge >= 0.3 is 0 Å². The van der Waals surface area contributed by atoms with Crippen LogP contribution in [0.25, 0.3) is 11.6 Å². The SMILES string of the molecule is Bc1ccc(/C=C2\c3ccccc3N(CCCC)C3C=CC=CC23)cc1. The number of anilines is 1. The van der Waals surface area contributed by atoms with Crippen molar-refractivity contribution >= 4 is 30.6 Å². The third-order valence-corrected chi connectivity index (χ3v) is 5.50. The molecule has 1 aliphatic carbocycles. The summed E-state index contributed by atoms with van der Waals surface area (Å²) in [6.07, 6.45) is 14.0. The van der Waals surface area contributed by atoms with Gasteiger partial charge in [0.05, 0.1) is 6.04 Å². The maximum Gasteiger partial charge on any atom is 0.139 e. The van der Waals surface area contributed by atoms with E-state index in [1.165, 1.54) is 40.7 Å². The van der Waals surface area contributed by atoms with Gasteiger partial charge in [0.2, 0.25) is 0 Å². The second-order valence-corrected chi connectivity index (χ2v) is 7.36. The first-order chi connectivity index (χ1) is 12.8. The molecule has 2 atom stereocenters. The summed E-state index contributed by atoms with van der Waals surface area (Å²) in [6, 6.07) is 18.2. The molecule has 1 aliphatic heterocycles. The Bertz CT molecular complexity index is 860. The highest BCUT2D eigenvalue weighted by Gasteiger charge is 2.35. The Labute approximate surface area is 158 Å². The molecule has 2 aromatic rings. The number of allylic oxidation sites excluding steroid dienone is 2. The van der Waals surface area contributed by atoms with Gasteiger partial charge in [-0.25, -0.2) is 0 Å². The Hall–Kier alpha value is -2.48. The van der Waals surface area contributed by atoms with Gasteiger partial charge in [-0.15, -0.1) is 0 Å². The second kappa shape index (κ2) is 7.41. The fourth-order valence-corrected chi connectivity index (χ4v) is 4.10. The van der Waals surface area contributed by atoms with Crippen LogP contribution in [0.5, 0.6) is 0 Å². The second-order valence-electron chi connectivity index (χ2n) is 7.36. The summed E-state index contributed by atoms with van der Waals surface area (Å²) in [5.74, 6) is 0.410. The van der Waals surface area contributed by atoms with E-state index < -0.39 is 0 Å². The van der Waals surface area contributed by atoms with Crippen LogP contribution < -0.4 is 10.4 Å². The summed E-state index contributed by atoms with van der Waals surface area (Å²) in [5, 5.41) is 0. The summed E-state index contributed by atoms with van der Waals surface area (Å²) in [7, 11) is 2.14. The smallest absolute Gasteiger partial charge is 0.139 e. The number of fused-ring (bicyclic) bond motifs is 2. The molecule has 1 nitrogen and oxygen atoms in total. The maximum absolute atomic E-state index is 2.61. The minimum atomic E-state index is 0.410. The van der Waals surface area contributed by atoms with Gasteiger partial charge in [0.15, 0.2) is 0 Å². The van der Waals surface area contributed by atoms with E-state index in [4.69, 9.17) is 0 Å². The van der Waals surface area contributed by atoms with Crippen molar-refractivity contribution in [3.63, 3.8) is 0 Å². The van der Waals surface area contributed by atoms with E-state index in [-0.39, 0.29) is 0 Å². The Kier molecular flexibility index (Phi) is 4.84. The molecule has 2 aliphatic rings. The molecule has 0 fully saturated rings. The zero-order valence-corrected chi connectivity index (χ0v) is 15.7. The fraction of sp³-hybridized carbons (Fsp3) is 0.250. The summed E-state index contributed by atoms with van der Waals surface area (Å²) >= 11 is 0. The van der Waals surface area contributed by atoms with Crippen LogP contribution in [0.3, 0.4) is 0 Å². The van der Waals surface area contributed by atoms with Gasteiger partial charge in [0.1, 0.15) is 7.85 Å². The van der Waals surface area contributed by atoms with Gasteiger partial charge in [-0.1, -0.05) is 91.7 Å². The van der Waals surface area contributed by atoms with E-state index in [0.717, 1.165) is 6.54 Å². The molecule has 26 heavy (non-hydrogen) atoms. The van der Waals surface area contributed by atoms with Crippen LogP contribution in [-0.4, -0.2) is 20.4 Å². The van der Waals surface area contributed by atoms with Gasteiger partial charge in [0.25, 0.3) is 0 Å². The molecule has 0 radical (unpaired) electrons. The average Bonchev–Trinajstić information content (AvgIpc) is 2.69. The Balaban J connectivity index is 1.83. The molecule has 2 heteroatoms. The third kappa shape index (κ3) is 3.17. The first-order valence-electron chi connectivity index (χ1n) is 9.77. The Morgan fingerprint density at radius 3 is 2.58 bits per heavy atom. The summed E-state index contributed by atoms with van der Waals surface area (Å²) in [6.45, 7) is 3.39. The molecule has 0 bridgehead atoms. The van der Waals surface area contributed by atoms with Crippen LogP contribution in [0.15, 0.2) is 72.8 Å². The molecular formula is C24H26BN. The van der Waals surface area contributed by atoms with Gasteiger partial charge in [-0.05, 0) is 23.6 Å². The number of hydrogen-bond donors (Lipinski definition) is 0. The van der Waals surface area contributed by atoms with E-state index in [0.29, 0.717) is 12.0 Å². The van der Waals surface area contributed by atoms with Crippen molar-refractivity contribution in [1.82, 2.24) is 0 Å². The number of benzene rings is 2. The van der Waals surface area contributed by atoms with E-state index in [9.17, 15) is 0 Å². The molecule has 0 N–H and O–H groups in total. The lowest BCUT2D eigenvalue weighted by atomic mass is 9.78. The number of hydrogen-bond acceptors (Lipinski definition) is 1. The molecule has 0 aromatic heterocycles. The predicted molar refractivity (Wildman–Crippen MR) is 117 cm³/mol. The number of rotatable bonds is 4. The van der Waals surface area contributed by atoms with Crippen LogP contribution in [0.2, 0.25) is 0 Å². The van der Waals surface area contributed by atoms with Crippen molar-refractivity contribution in [1.29, 1.82) is 0 Å². The van der Waals surface area contributed by atoms with E-state index in [1.807, 2.05) is 0 Å². The molecule has 4 rings (SSSR count). The predicted octanol–water partition coefficient (Wildman–Crippen LogP) is 4.22. The standard InChI is InChI=1S/C24H26BN/c1-2-3-16-26-23-10-6-4-8-20(23)22(21-9-5-7-11-24(21)26)17-18-12-14-19(25)15-13-18/h4-15,17,20,23H,2-3,16,25H2,1H3/b22-17-. The molecule has 0 saturated heterocycles. The van der Waals surface area contributed by atoms with Crippen molar-refractivity contribution in [3.05, 3.63) is 84.0 Å². The lowest BCUT2D eigenvalue weighted by Gasteiger charge is -2.44. The quantitative estimate of drug-likeness (QED) is 0.754. The van der Waals surface area contributed by atoms with Gasteiger partial charge in [0, 0.05) is 23.7 Å². The zero-order valence-electron chi connectivity index (χ0n) is 15.7. The lowest BCUT2D eigenvalue weighted by Crippen LogP contribution is -2.44. The summed E-state index contributed by atoms with van der Waals surface area (Å²) < 4.78 is 0. The van der Waals surface area contributed by atoms with Crippen molar-refractivity contribution in [2.75, 3.05) is 11.4 Å². The third-order valence-electron chi connectivity index (χ3n) is 5.50. The highest BCUT2D eigenvalue weighted by Crippen LogP contribution is 2.44. The topological polar surface area (TPSA) is 3.24 Å². The van der Waals surface area contributed by atoms with Crippen LogP contribution in [0.4, 0.5) is 5.69 Å². The van der Waals surface area contributed by atoms with Crippen LogP contribution in [0, 0.1) is 5.92 Å².